The molecule has 8 nitrogen and oxygen atoms in total. The van der Waals surface area contributed by atoms with Crippen LogP contribution in [0.25, 0.3) is 10.9 Å². The van der Waals surface area contributed by atoms with Crippen molar-refractivity contribution >= 4 is 53.4 Å². The number of amides is 1. The van der Waals surface area contributed by atoms with Crippen LogP contribution in [0.15, 0.2) is 18.2 Å². The summed E-state index contributed by atoms with van der Waals surface area (Å²) < 4.78 is 0. The van der Waals surface area contributed by atoms with Gasteiger partial charge in [0.15, 0.2) is 5.96 Å². The maximum absolute atomic E-state index is 12.7. The van der Waals surface area contributed by atoms with Crippen molar-refractivity contribution < 1.29 is 4.79 Å². The number of aromatic nitrogens is 2. The summed E-state index contributed by atoms with van der Waals surface area (Å²) in [4.78, 5) is 21.8. The minimum absolute atomic E-state index is 0. The SMILES string of the molecule is CCCCCNC(=O)c1nc(N[C@H]2CCCC[C@H]2NC(=N)N)c2cc(C)ccc2n1.Cl.Cl. The van der Waals surface area contributed by atoms with Crippen molar-refractivity contribution in [2.45, 2.75) is 70.9 Å². The van der Waals surface area contributed by atoms with Gasteiger partial charge in [-0.25, -0.2) is 9.97 Å². The summed E-state index contributed by atoms with van der Waals surface area (Å²) in [7, 11) is 0. The monoisotopic (exact) mass is 483 g/mol. The Kier molecular flexibility index (Phi) is 11.5. The molecule has 0 aliphatic heterocycles. The van der Waals surface area contributed by atoms with Crippen molar-refractivity contribution in [3.8, 4) is 0 Å². The van der Waals surface area contributed by atoms with Crippen molar-refractivity contribution in [2.75, 3.05) is 11.9 Å². The molecule has 1 aromatic carbocycles. The van der Waals surface area contributed by atoms with E-state index in [1.165, 1.54) is 0 Å². The zero-order valence-corrected chi connectivity index (χ0v) is 20.4. The number of rotatable bonds is 8. The summed E-state index contributed by atoms with van der Waals surface area (Å²) in [5.41, 5.74) is 7.43. The van der Waals surface area contributed by atoms with Crippen LogP contribution in [0, 0.1) is 12.3 Å². The molecule has 1 fully saturated rings. The standard InChI is InChI=1S/C22H33N7O.2ClH/c1-3-4-7-12-25-21(30)20-26-16-11-10-14(2)13-15(16)19(29-20)27-17-8-5-6-9-18(17)28-22(23)24;;/h10-11,13,17-18H,3-9,12H2,1-2H3,(H,25,30)(H4,23,24,28)(H,26,27,29);2*1H/t17-,18+;;/m0../s1. The summed E-state index contributed by atoms with van der Waals surface area (Å²) in [6.45, 7) is 4.78. The van der Waals surface area contributed by atoms with Crippen LogP contribution >= 0.6 is 24.8 Å². The molecule has 1 saturated carbocycles. The van der Waals surface area contributed by atoms with E-state index in [4.69, 9.17) is 11.1 Å². The van der Waals surface area contributed by atoms with Crippen molar-refractivity contribution in [1.82, 2.24) is 20.6 Å². The van der Waals surface area contributed by atoms with E-state index >= 15 is 0 Å². The third kappa shape index (κ3) is 7.38. The lowest BCUT2D eigenvalue weighted by Gasteiger charge is -2.33. The third-order valence-corrected chi connectivity index (χ3v) is 5.55. The van der Waals surface area contributed by atoms with Crippen LogP contribution in [0.4, 0.5) is 5.82 Å². The fourth-order valence-electron chi connectivity index (χ4n) is 3.96. The molecule has 10 heteroatoms. The molecule has 1 aliphatic carbocycles. The number of aryl methyl sites for hydroxylation is 1. The summed E-state index contributed by atoms with van der Waals surface area (Å²) >= 11 is 0. The van der Waals surface area contributed by atoms with Gasteiger partial charge >= 0.3 is 0 Å². The second-order valence-corrected chi connectivity index (χ2v) is 8.08. The highest BCUT2D eigenvalue weighted by molar-refractivity contribution is 5.96. The quantitative estimate of drug-likeness (QED) is 0.220. The van der Waals surface area contributed by atoms with Gasteiger partial charge in [0.25, 0.3) is 5.91 Å². The predicted octanol–water partition coefficient (Wildman–Crippen LogP) is 3.91. The smallest absolute Gasteiger partial charge is 0.289 e. The van der Waals surface area contributed by atoms with Crippen molar-refractivity contribution in [2.24, 2.45) is 5.73 Å². The molecule has 0 bridgehead atoms. The fourth-order valence-corrected chi connectivity index (χ4v) is 3.96. The molecule has 1 aliphatic rings. The van der Waals surface area contributed by atoms with Gasteiger partial charge < -0.3 is 21.7 Å². The van der Waals surface area contributed by atoms with Crippen LogP contribution in [0.5, 0.6) is 0 Å². The Labute approximate surface area is 202 Å². The fraction of sp³-hybridized carbons (Fsp3) is 0.545. The first kappa shape index (κ1) is 27.7. The summed E-state index contributed by atoms with van der Waals surface area (Å²) in [5.74, 6) is 0.560. The first-order valence-electron chi connectivity index (χ1n) is 10.9. The Morgan fingerprint density at radius 3 is 2.56 bits per heavy atom. The van der Waals surface area contributed by atoms with E-state index in [1.807, 2.05) is 25.1 Å². The molecule has 1 heterocycles. The second kappa shape index (κ2) is 13.3. The molecule has 32 heavy (non-hydrogen) atoms. The Hall–Kier alpha value is -2.32. The van der Waals surface area contributed by atoms with Crippen molar-refractivity contribution in [1.29, 1.82) is 5.41 Å². The first-order valence-corrected chi connectivity index (χ1v) is 10.9. The Bertz CT molecular complexity index is 909. The van der Waals surface area contributed by atoms with E-state index in [0.717, 1.165) is 61.4 Å². The van der Waals surface area contributed by atoms with Gasteiger partial charge in [-0.15, -0.1) is 24.8 Å². The average molecular weight is 484 g/mol. The van der Waals surface area contributed by atoms with Crippen LogP contribution < -0.4 is 21.7 Å². The number of halogens is 2. The molecular weight excluding hydrogens is 449 g/mol. The van der Waals surface area contributed by atoms with Gasteiger partial charge in [-0.2, -0.15) is 0 Å². The van der Waals surface area contributed by atoms with Gasteiger partial charge in [-0.3, -0.25) is 10.2 Å². The van der Waals surface area contributed by atoms with E-state index < -0.39 is 0 Å². The second-order valence-electron chi connectivity index (χ2n) is 8.08. The number of anilines is 1. The highest BCUT2D eigenvalue weighted by atomic mass is 35.5. The number of nitrogens with zero attached hydrogens (tertiary/aromatic N) is 2. The minimum atomic E-state index is -0.251. The lowest BCUT2D eigenvalue weighted by Crippen LogP contribution is -2.50. The molecule has 178 valence electrons. The lowest BCUT2D eigenvalue weighted by atomic mass is 9.90. The average Bonchev–Trinajstić information content (AvgIpc) is 2.72. The van der Waals surface area contributed by atoms with Crippen LogP contribution in [0.2, 0.25) is 0 Å². The number of benzene rings is 1. The van der Waals surface area contributed by atoms with Gasteiger partial charge in [0.05, 0.1) is 5.52 Å². The van der Waals surface area contributed by atoms with Gasteiger partial charge in [-0.05, 0) is 38.3 Å². The largest absolute Gasteiger partial charge is 0.370 e. The number of fused-ring (bicyclic) bond motifs is 1. The van der Waals surface area contributed by atoms with Crippen molar-refractivity contribution in [3.63, 3.8) is 0 Å². The number of hydrogen-bond donors (Lipinski definition) is 5. The number of nitrogens with one attached hydrogen (secondary N) is 4. The van der Waals surface area contributed by atoms with E-state index in [2.05, 4.69) is 32.8 Å². The van der Waals surface area contributed by atoms with Crippen LogP contribution in [0.1, 0.15) is 68.1 Å². The molecule has 0 radical (unpaired) electrons. The topological polar surface area (TPSA) is 129 Å². The normalized spacial score (nSPS) is 17.6. The van der Waals surface area contributed by atoms with E-state index in [-0.39, 0.29) is 54.6 Å². The Morgan fingerprint density at radius 2 is 1.88 bits per heavy atom. The molecule has 2 aromatic rings. The third-order valence-electron chi connectivity index (χ3n) is 5.55. The zero-order chi connectivity index (χ0) is 21.5. The maximum atomic E-state index is 12.7. The molecule has 0 unspecified atom stereocenters. The highest BCUT2D eigenvalue weighted by Crippen LogP contribution is 2.27. The van der Waals surface area contributed by atoms with Crippen LogP contribution in [-0.4, -0.2) is 40.5 Å². The molecule has 1 amide bonds. The number of hydrogen-bond acceptors (Lipinski definition) is 5. The number of carbonyl (C=O) groups excluding carboxylic acids is 1. The van der Waals surface area contributed by atoms with Gasteiger partial charge in [0.2, 0.25) is 5.82 Å². The maximum Gasteiger partial charge on any atom is 0.289 e. The summed E-state index contributed by atoms with van der Waals surface area (Å²) in [6, 6.07) is 6.08. The Balaban J connectivity index is 0.00000256. The molecule has 0 spiro atoms. The predicted molar refractivity (Wildman–Crippen MR) is 135 cm³/mol. The zero-order valence-electron chi connectivity index (χ0n) is 18.7. The van der Waals surface area contributed by atoms with Gasteiger partial charge in [0, 0.05) is 24.0 Å². The van der Waals surface area contributed by atoms with E-state index in [0.29, 0.717) is 12.4 Å². The van der Waals surface area contributed by atoms with Crippen LogP contribution in [-0.2, 0) is 0 Å². The number of nitrogens with two attached hydrogens (primary N) is 1. The molecule has 6 N–H and O–H groups in total. The molecule has 2 atom stereocenters. The van der Waals surface area contributed by atoms with E-state index in [1.54, 1.807) is 0 Å². The molecular formula is C22H35Cl2N7O. The molecule has 3 rings (SSSR count). The highest BCUT2D eigenvalue weighted by Gasteiger charge is 2.27. The lowest BCUT2D eigenvalue weighted by molar-refractivity contribution is 0.0943. The molecule has 1 aromatic heterocycles. The first-order chi connectivity index (χ1) is 14.5. The minimum Gasteiger partial charge on any atom is -0.370 e. The van der Waals surface area contributed by atoms with E-state index in [9.17, 15) is 4.79 Å². The van der Waals surface area contributed by atoms with Gasteiger partial charge in [0.1, 0.15) is 5.82 Å². The number of carbonyl (C=O) groups is 1. The molecule has 0 saturated heterocycles. The summed E-state index contributed by atoms with van der Waals surface area (Å²) in [6.07, 6.45) is 7.20. The summed E-state index contributed by atoms with van der Waals surface area (Å²) in [5, 5.41) is 18.0. The van der Waals surface area contributed by atoms with Crippen LogP contribution in [0.3, 0.4) is 0 Å². The Morgan fingerprint density at radius 1 is 1.16 bits per heavy atom. The number of unbranched alkanes of at least 4 members (excludes halogenated alkanes) is 2. The van der Waals surface area contributed by atoms with Gasteiger partial charge in [-0.1, -0.05) is 44.2 Å². The van der Waals surface area contributed by atoms with Crippen molar-refractivity contribution in [3.05, 3.63) is 29.6 Å². The number of guanidine groups is 1.